The van der Waals surface area contributed by atoms with Crippen LogP contribution in [0, 0.1) is 29.6 Å². The summed E-state index contributed by atoms with van der Waals surface area (Å²) in [7, 11) is 2.28. The third kappa shape index (κ3) is 2.87. The Balaban J connectivity index is 1.65. The van der Waals surface area contributed by atoms with E-state index in [0.29, 0.717) is 29.8 Å². The molecule has 0 radical (unpaired) electrons. The number of piperidine rings is 1. The summed E-state index contributed by atoms with van der Waals surface area (Å²) in [6.45, 7) is 9.16. The fraction of sp³-hybridized carbons (Fsp3) is 0.864. The van der Waals surface area contributed by atoms with Crippen molar-refractivity contribution >= 4 is 5.97 Å². The standard InChI is InChI=1S/C22H35NO2/c1-13-8-7-11-19(23(13)4)14(2)20-17-10-6-5-9-16(17)12-18-21(20)15(3)25-22(18)24/h13,15-21H,2,5-12H2,1,3-4H3/t13-,15?,16+,17-,18-,19+,20+,21-/m0/s1. The predicted octanol–water partition coefficient (Wildman–Crippen LogP) is 4.42. The number of cyclic esters (lactones) is 1. The zero-order valence-electron chi connectivity index (χ0n) is 16.2. The Hall–Kier alpha value is -0.830. The smallest absolute Gasteiger partial charge is 0.309 e. The summed E-state index contributed by atoms with van der Waals surface area (Å²) in [5.74, 6) is 2.48. The van der Waals surface area contributed by atoms with E-state index in [4.69, 9.17) is 4.74 Å². The second-order valence-corrected chi connectivity index (χ2v) is 9.33. The van der Waals surface area contributed by atoms with Crippen LogP contribution >= 0.6 is 0 Å². The second kappa shape index (κ2) is 6.72. The van der Waals surface area contributed by atoms with Gasteiger partial charge in [-0.1, -0.05) is 37.8 Å². The van der Waals surface area contributed by atoms with Crippen molar-refractivity contribution in [2.45, 2.75) is 83.4 Å². The number of carbonyl (C=O) groups excluding carboxylic acids is 1. The highest BCUT2D eigenvalue weighted by Crippen LogP contribution is 2.56. The number of esters is 1. The Kier molecular flexibility index (Phi) is 4.72. The van der Waals surface area contributed by atoms with Gasteiger partial charge in [-0.15, -0.1) is 0 Å². The van der Waals surface area contributed by atoms with Crippen LogP contribution in [0.4, 0.5) is 0 Å². The lowest BCUT2D eigenvalue weighted by molar-refractivity contribution is -0.144. The van der Waals surface area contributed by atoms with E-state index in [1.54, 1.807) is 0 Å². The highest BCUT2D eigenvalue weighted by molar-refractivity contribution is 5.75. The Bertz CT molecular complexity index is 544. The van der Waals surface area contributed by atoms with E-state index in [0.717, 1.165) is 12.3 Å². The van der Waals surface area contributed by atoms with Gasteiger partial charge in [-0.3, -0.25) is 9.69 Å². The number of likely N-dealkylation sites (tertiary alicyclic amines) is 1. The number of nitrogens with zero attached hydrogens (tertiary/aromatic N) is 1. The van der Waals surface area contributed by atoms with Gasteiger partial charge in [-0.05, 0) is 64.3 Å². The predicted molar refractivity (Wildman–Crippen MR) is 100 cm³/mol. The molecule has 2 aliphatic carbocycles. The molecule has 3 nitrogen and oxygen atoms in total. The van der Waals surface area contributed by atoms with Crippen molar-refractivity contribution in [1.29, 1.82) is 0 Å². The average Bonchev–Trinajstić information content (AvgIpc) is 2.89. The molecule has 2 saturated carbocycles. The fourth-order valence-corrected chi connectivity index (χ4v) is 6.75. The maximum atomic E-state index is 12.5. The van der Waals surface area contributed by atoms with E-state index in [1.165, 1.54) is 50.5 Å². The van der Waals surface area contributed by atoms with Crippen molar-refractivity contribution < 1.29 is 9.53 Å². The largest absolute Gasteiger partial charge is 0.462 e. The van der Waals surface area contributed by atoms with E-state index in [-0.39, 0.29) is 18.0 Å². The van der Waals surface area contributed by atoms with E-state index >= 15 is 0 Å². The molecular weight excluding hydrogens is 310 g/mol. The molecule has 8 atom stereocenters. The maximum absolute atomic E-state index is 12.5. The number of carbonyl (C=O) groups is 1. The van der Waals surface area contributed by atoms with Gasteiger partial charge < -0.3 is 4.74 Å². The van der Waals surface area contributed by atoms with Gasteiger partial charge >= 0.3 is 5.97 Å². The number of hydrogen-bond donors (Lipinski definition) is 0. The number of fused-ring (bicyclic) bond motifs is 2. The molecule has 25 heavy (non-hydrogen) atoms. The molecule has 2 aliphatic heterocycles. The Labute approximate surface area is 153 Å². The SMILES string of the molecule is C=C([C@@H]1[C@H]2CCCC[C@@H]2C[C@@H]2C(=O)OC(C)[C@H]12)[C@H]1CCC[C@H](C)N1C. The molecule has 4 fully saturated rings. The highest BCUT2D eigenvalue weighted by Gasteiger charge is 2.56. The summed E-state index contributed by atoms with van der Waals surface area (Å²) in [4.78, 5) is 15.0. The molecule has 4 aliphatic rings. The Morgan fingerprint density at radius 3 is 2.68 bits per heavy atom. The molecule has 140 valence electrons. The van der Waals surface area contributed by atoms with Crippen LogP contribution in [0.5, 0.6) is 0 Å². The first-order chi connectivity index (χ1) is 12.0. The molecule has 4 rings (SSSR count). The zero-order chi connectivity index (χ0) is 17.7. The first kappa shape index (κ1) is 17.6. The Morgan fingerprint density at radius 2 is 1.88 bits per heavy atom. The lowest BCUT2D eigenvalue weighted by Gasteiger charge is -2.50. The van der Waals surface area contributed by atoms with E-state index < -0.39 is 0 Å². The molecule has 0 aromatic heterocycles. The van der Waals surface area contributed by atoms with Gasteiger partial charge in [0.2, 0.25) is 0 Å². The number of ether oxygens (including phenoxy) is 1. The maximum Gasteiger partial charge on any atom is 0.309 e. The summed E-state index contributed by atoms with van der Waals surface area (Å²) >= 11 is 0. The second-order valence-electron chi connectivity index (χ2n) is 9.33. The molecule has 3 heteroatoms. The van der Waals surface area contributed by atoms with Crippen molar-refractivity contribution in [3.05, 3.63) is 12.2 Å². The zero-order valence-corrected chi connectivity index (χ0v) is 16.2. The lowest BCUT2D eigenvalue weighted by Crippen LogP contribution is -2.50. The highest BCUT2D eigenvalue weighted by atomic mass is 16.6. The first-order valence-electron chi connectivity index (χ1n) is 10.6. The summed E-state index contributed by atoms with van der Waals surface area (Å²) in [6, 6.07) is 1.12. The van der Waals surface area contributed by atoms with Gasteiger partial charge in [0.15, 0.2) is 0 Å². The molecule has 1 unspecified atom stereocenters. The van der Waals surface area contributed by atoms with Crippen LogP contribution in [0.2, 0.25) is 0 Å². The minimum absolute atomic E-state index is 0.0634. The number of rotatable bonds is 2. The summed E-state index contributed by atoms with van der Waals surface area (Å²) < 4.78 is 5.74. The molecule has 0 spiro atoms. The van der Waals surface area contributed by atoms with Gasteiger partial charge in [-0.25, -0.2) is 0 Å². The van der Waals surface area contributed by atoms with Gasteiger partial charge in [0.05, 0.1) is 5.92 Å². The lowest BCUT2D eigenvalue weighted by atomic mass is 9.55. The van der Waals surface area contributed by atoms with Gasteiger partial charge in [0.25, 0.3) is 0 Å². The van der Waals surface area contributed by atoms with Crippen molar-refractivity contribution in [2.24, 2.45) is 29.6 Å². The van der Waals surface area contributed by atoms with Crippen LogP contribution < -0.4 is 0 Å². The molecule has 2 saturated heterocycles. The average molecular weight is 346 g/mol. The summed E-state index contributed by atoms with van der Waals surface area (Å²) in [5.41, 5.74) is 1.42. The first-order valence-corrected chi connectivity index (χ1v) is 10.6. The van der Waals surface area contributed by atoms with E-state index in [1.807, 2.05) is 0 Å². The van der Waals surface area contributed by atoms with Crippen molar-refractivity contribution in [3.63, 3.8) is 0 Å². The van der Waals surface area contributed by atoms with Crippen molar-refractivity contribution in [3.8, 4) is 0 Å². The molecule has 2 heterocycles. The van der Waals surface area contributed by atoms with Gasteiger partial charge in [-0.2, -0.15) is 0 Å². The van der Waals surface area contributed by atoms with Gasteiger partial charge in [0, 0.05) is 18.0 Å². The number of hydrogen-bond acceptors (Lipinski definition) is 3. The van der Waals surface area contributed by atoms with Crippen LogP contribution in [0.1, 0.15) is 65.2 Å². The van der Waals surface area contributed by atoms with Crippen LogP contribution in [0.15, 0.2) is 12.2 Å². The van der Waals surface area contributed by atoms with Crippen molar-refractivity contribution in [2.75, 3.05) is 7.05 Å². The molecule has 0 aromatic rings. The fourth-order valence-electron chi connectivity index (χ4n) is 6.75. The molecule has 0 bridgehead atoms. The quantitative estimate of drug-likeness (QED) is 0.548. The monoisotopic (exact) mass is 345 g/mol. The minimum atomic E-state index is 0.0634. The summed E-state index contributed by atoms with van der Waals surface area (Å²) in [5, 5.41) is 0. The van der Waals surface area contributed by atoms with E-state index in [9.17, 15) is 4.79 Å². The molecular formula is C22H35NO2. The van der Waals surface area contributed by atoms with Crippen LogP contribution in [0.3, 0.4) is 0 Å². The third-order valence-electron chi connectivity index (χ3n) is 8.15. The number of likely N-dealkylation sites (N-methyl/N-ethyl adjacent to an activating group) is 1. The molecule has 0 N–H and O–H groups in total. The normalized spacial score (nSPS) is 47.7. The summed E-state index contributed by atoms with van der Waals surface area (Å²) in [6.07, 6.45) is 10.3. The van der Waals surface area contributed by atoms with Crippen LogP contribution in [-0.4, -0.2) is 36.1 Å². The van der Waals surface area contributed by atoms with Gasteiger partial charge in [0.1, 0.15) is 6.10 Å². The minimum Gasteiger partial charge on any atom is -0.462 e. The molecule has 0 amide bonds. The Morgan fingerprint density at radius 1 is 1.12 bits per heavy atom. The van der Waals surface area contributed by atoms with Crippen LogP contribution in [0.25, 0.3) is 0 Å². The van der Waals surface area contributed by atoms with E-state index in [2.05, 4.69) is 32.4 Å². The topological polar surface area (TPSA) is 29.5 Å². The third-order valence-corrected chi connectivity index (χ3v) is 8.15. The van der Waals surface area contributed by atoms with Crippen molar-refractivity contribution in [1.82, 2.24) is 4.90 Å². The molecule has 0 aromatic carbocycles. The van der Waals surface area contributed by atoms with Crippen LogP contribution in [-0.2, 0) is 9.53 Å².